The Labute approximate surface area is 232 Å². The van der Waals surface area contributed by atoms with Gasteiger partial charge in [-0.1, -0.05) is 47.2 Å². The molecule has 5 rings (SSSR count). The number of Topliss-reactive ketones (excluding diaryl/α,β-unsaturated/α-hetero) is 1. The molecule has 1 amide bonds. The maximum absolute atomic E-state index is 13.3. The molecule has 0 bridgehead atoms. The van der Waals surface area contributed by atoms with Crippen molar-refractivity contribution in [3.63, 3.8) is 0 Å². The van der Waals surface area contributed by atoms with Crippen LogP contribution in [0.4, 0.5) is 5.13 Å². The first-order valence-corrected chi connectivity index (χ1v) is 13.7. The van der Waals surface area contributed by atoms with Gasteiger partial charge in [0.2, 0.25) is 0 Å². The molecule has 3 heterocycles. The average molecular weight is 561 g/mol. The number of rotatable bonds is 7. The maximum Gasteiger partial charge on any atom is 0.350 e. The van der Waals surface area contributed by atoms with Crippen LogP contribution in [-0.4, -0.2) is 34.9 Å². The quantitative estimate of drug-likeness (QED) is 0.132. The lowest BCUT2D eigenvalue weighted by molar-refractivity contribution is -0.132. The number of amides is 1. The van der Waals surface area contributed by atoms with Crippen LogP contribution in [0.1, 0.15) is 43.0 Å². The summed E-state index contributed by atoms with van der Waals surface area (Å²) in [6.45, 7) is 4.03. The molecule has 0 radical (unpaired) electrons. The van der Waals surface area contributed by atoms with Crippen molar-refractivity contribution in [1.29, 1.82) is 0 Å². The monoisotopic (exact) mass is 560 g/mol. The summed E-state index contributed by atoms with van der Waals surface area (Å²) >= 11 is 2.31. The number of esters is 1. The predicted octanol–water partition coefficient (Wildman–Crippen LogP) is 5.81. The van der Waals surface area contributed by atoms with Crippen LogP contribution in [0, 0.1) is 13.8 Å². The molecule has 0 spiro atoms. The second-order valence-corrected chi connectivity index (χ2v) is 10.8. The standard InChI is InChI=1S/C29H24N2O6S2/c1-16-6-4-7-18(14-16)15-37-20-11-9-19(10-12-20)24(32)22-23(21-8-5-13-38-21)31(27(34)25(22)33)29-30-17(2)26(39-29)28(35)36-3/h4-14,23,32H,15H2,1-3H3/t23-/m0/s1. The van der Waals surface area contributed by atoms with Crippen molar-refractivity contribution in [3.8, 4) is 5.75 Å². The zero-order valence-electron chi connectivity index (χ0n) is 21.3. The van der Waals surface area contributed by atoms with Gasteiger partial charge >= 0.3 is 11.9 Å². The van der Waals surface area contributed by atoms with E-state index < -0.39 is 23.7 Å². The normalized spacial score (nSPS) is 16.5. The van der Waals surface area contributed by atoms with Crippen LogP contribution in [0.15, 0.2) is 71.6 Å². The highest BCUT2D eigenvalue weighted by Gasteiger charge is 2.48. The van der Waals surface area contributed by atoms with Gasteiger partial charge in [-0.05, 0) is 55.1 Å². The van der Waals surface area contributed by atoms with E-state index in [1.165, 1.54) is 23.3 Å². The summed E-state index contributed by atoms with van der Waals surface area (Å²) in [4.78, 5) is 45.3. The Hall–Kier alpha value is -4.28. The number of hydrogen-bond acceptors (Lipinski definition) is 9. The molecule has 1 atom stereocenters. The second-order valence-electron chi connectivity index (χ2n) is 8.89. The zero-order valence-corrected chi connectivity index (χ0v) is 23.0. The Morgan fingerprint density at radius 3 is 2.51 bits per heavy atom. The Balaban J connectivity index is 1.49. The number of ketones is 1. The molecule has 0 unspecified atom stereocenters. The summed E-state index contributed by atoms with van der Waals surface area (Å²) in [5.41, 5.74) is 2.87. The predicted molar refractivity (Wildman–Crippen MR) is 149 cm³/mol. The van der Waals surface area contributed by atoms with Gasteiger partial charge in [0.1, 0.15) is 29.0 Å². The molecule has 1 aliphatic rings. The maximum atomic E-state index is 13.3. The third kappa shape index (κ3) is 5.08. The van der Waals surface area contributed by atoms with E-state index in [4.69, 9.17) is 9.47 Å². The van der Waals surface area contributed by atoms with E-state index >= 15 is 0 Å². The minimum atomic E-state index is -0.904. The number of aliphatic hydroxyl groups is 1. The molecule has 39 heavy (non-hydrogen) atoms. The third-order valence-electron chi connectivity index (χ3n) is 6.24. The minimum Gasteiger partial charge on any atom is -0.507 e. The van der Waals surface area contributed by atoms with E-state index in [2.05, 4.69) is 4.98 Å². The van der Waals surface area contributed by atoms with Gasteiger partial charge < -0.3 is 14.6 Å². The molecule has 10 heteroatoms. The Morgan fingerprint density at radius 1 is 1.08 bits per heavy atom. The van der Waals surface area contributed by atoms with Crippen LogP contribution in [0.5, 0.6) is 5.75 Å². The Morgan fingerprint density at radius 2 is 1.85 bits per heavy atom. The number of benzene rings is 2. The molecule has 1 aliphatic heterocycles. The van der Waals surface area contributed by atoms with E-state index in [1.54, 1.807) is 43.3 Å². The molecular formula is C29H24N2O6S2. The van der Waals surface area contributed by atoms with Gasteiger partial charge in [0, 0.05) is 10.4 Å². The van der Waals surface area contributed by atoms with Gasteiger partial charge in [-0.15, -0.1) is 11.3 Å². The summed E-state index contributed by atoms with van der Waals surface area (Å²) in [7, 11) is 1.26. The number of nitrogens with zero attached hydrogens (tertiary/aromatic N) is 2. The summed E-state index contributed by atoms with van der Waals surface area (Å²) in [6, 6.07) is 17.4. The number of carbonyl (C=O) groups excluding carboxylic acids is 3. The van der Waals surface area contributed by atoms with Crippen LogP contribution < -0.4 is 9.64 Å². The van der Waals surface area contributed by atoms with Crippen LogP contribution in [-0.2, 0) is 20.9 Å². The summed E-state index contributed by atoms with van der Waals surface area (Å²) in [6.07, 6.45) is 0. The number of carbonyl (C=O) groups is 3. The SMILES string of the molecule is COC(=O)c1sc(N2C(=O)C(=O)C(=C(O)c3ccc(OCc4cccc(C)c4)cc3)[C@@H]2c2cccs2)nc1C. The van der Waals surface area contributed by atoms with E-state index in [1.807, 2.05) is 36.6 Å². The summed E-state index contributed by atoms with van der Waals surface area (Å²) in [5.74, 6) is -1.96. The van der Waals surface area contributed by atoms with E-state index in [-0.39, 0.29) is 21.3 Å². The highest BCUT2D eigenvalue weighted by atomic mass is 32.1. The average Bonchev–Trinajstić information content (AvgIpc) is 3.66. The number of thiazole rings is 1. The van der Waals surface area contributed by atoms with Crippen LogP contribution >= 0.6 is 22.7 Å². The fourth-order valence-electron chi connectivity index (χ4n) is 4.35. The number of aliphatic hydroxyl groups excluding tert-OH is 1. The van der Waals surface area contributed by atoms with E-state index in [0.717, 1.165) is 22.5 Å². The molecule has 2 aromatic carbocycles. The molecule has 1 N–H and O–H groups in total. The highest BCUT2D eigenvalue weighted by molar-refractivity contribution is 7.18. The number of hydrogen-bond donors (Lipinski definition) is 1. The van der Waals surface area contributed by atoms with Gasteiger partial charge in [-0.25, -0.2) is 9.78 Å². The van der Waals surface area contributed by atoms with Gasteiger partial charge in [0.05, 0.1) is 18.4 Å². The van der Waals surface area contributed by atoms with Gasteiger partial charge in [-0.2, -0.15) is 0 Å². The van der Waals surface area contributed by atoms with Crippen molar-refractivity contribution >= 4 is 51.2 Å². The molecule has 1 saturated heterocycles. The lowest BCUT2D eigenvalue weighted by atomic mass is 10.00. The minimum absolute atomic E-state index is 0.0525. The van der Waals surface area contributed by atoms with Crippen molar-refractivity contribution in [3.05, 3.63) is 104 Å². The highest BCUT2D eigenvalue weighted by Crippen LogP contribution is 2.45. The van der Waals surface area contributed by atoms with Crippen molar-refractivity contribution in [2.45, 2.75) is 26.5 Å². The lowest BCUT2D eigenvalue weighted by Crippen LogP contribution is -2.29. The first-order valence-electron chi connectivity index (χ1n) is 12.0. The van der Waals surface area contributed by atoms with Gasteiger partial charge in [0.15, 0.2) is 5.13 Å². The van der Waals surface area contributed by atoms with E-state index in [9.17, 15) is 19.5 Å². The largest absolute Gasteiger partial charge is 0.507 e. The zero-order chi connectivity index (χ0) is 27.7. The molecule has 8 nitrogen and oxygen atoms in total. The van der Waals surface area contributed by atoms with Crippen LogP contribution in [0.3, 0.4) is 0 Å². The second kappa shape index (κ2) is 10.8. The molecular weight excluding hydrogens is 536 g/mol. The van der Waals surface area contributed by atoms with Crippen LogP contribution in [0.2, 0.25) is 0 Å². The molecule has 198 valence electrons. The molecule has 1 fully saturated rings. The molecule has 2 aromatic heterocycles. The van der Waals surface area contributed by atoms with Gasteiger partial charge in [0.25, 0.3) is 5.78 Å². The summed E-state index contributed by atoms with van der Waals surface area (Å²) in [5, 5.41) is 13.3. The Bertz CT molecular complexity index is 1590. The van der Waals surface area contributed by atoms with Crippen molar-refractivity contribution in [2.75, 3.05) is 12.0 Å². The number of methoxy groups -OCH3 is 1. The molecule has 0 saturated carbocycles. The number of ether oxygens (including phenoxy) is 2. The fraction of sp³-hybridized carbons (Fsp3) is 0.172. The van der Waals surface area contributed by atoms with Crippen LogP contribution in [0.25, 0.3) is 5.76 Å². The lowest BCUT2D eigenvalue weighted by Gasteiger charge is -2.21. The van der Waals surface area contributed by atoms with Crippen molar-refractivity contribution in [1.82, 2.24) is 4.98 Å². The topological polar surface area (TPSA) is 106 Å². The number of anilines is 1. The first kappa shape index (κ1) is 26.3. The van der Waals surface area contributed by atoms with Gasteiger partial charge in [-0.3, -0.25) is 14.5 Å². The number of thiophene rings is 1. The molecule has 0 aliphatic carbocycles. The number of aryl methyl sites for hydroxylation is 2. The van der Waals surface area contributed by atoms with Crippen molar-refractivity contribution < 1.29 is 29.0 Å². The number of aromatic nitrogens is 1. The smallest absolute Gasteiger partial charge is 0.350 e. The first-order chi connectivity index (χ1) is 18.8. The van der Waals surface area contributed by atoms with Crippen molar-refractivity contribution in [2.24, 2.45) is 0 Å². The summed E-state index contributed by atoms with van der Waals surface area (Å²) < 4.78 is 10.7. The Kier molecular flexibility index (Phi) is 7.32. The fourth-order valence-corrected chi connectivity index (χ4v) is 6.18. The van der Waals surface area contributed by atoms with E-state index in [0.29, 0.717) is 28.5 Å². The third-order valence-corrected chi connectivity index (χ3v) is 8.30. The molecule has 4 aromatic rings.